The van der Waals surface area contributed by atoms with E-state index in [1.54, 1.807) is 60.7 Å². The van der Waals surface area contributed by atoms with Gasteiger partial charge in [-0.2, -0.15) is 0 Å². The number of carbonyl (C=O) groups is 5. The van der Waals surface area contributed by atoms with Crippen molar-refractivity contribution in [1.29, 1.82) is 0 Å². The van der Waals surface area contributed by atoms with Crippen LogP contribution in [0.3, 0.4) is 0 Å². The van der Waals surface area contributed by atoms with E-state index in [2.05, 4.69) is 26.6 Å². The Bertz CT molecular complexity index is 1620. The number of halogens is 2. The van der Waals surface area contributed by atoms with Gasteiger partial charge >= 0.3 is 18.2 Å². The third-order valence-corrected chi connectivity index (χ3v) is 7.09. The van der Waals surface area contributed by atoms with Crippen molar-refractivity contribution in [2.75, 3.05) is 16.0 Å². The van der Waals surface area contributed by atoms with E-state index in [0.29, 0.717) is 17.4 Å². The summed E-state index contributed by atoms with van der Waals surface area (Å²) in [5.74, 6) is -4.02. The first-order chi connectivity index (χ1) is 22.3. The topological polar surface area (TPSA) is 210 Å². The van der Waals surface area contributed by atoms with E-state index in [4.69, 9.17) is 15.2 Å². The van der Waals surface area contributed by atoms with Crippen LogP contribution >= 0.6 is 0 Å². The van der Waals surface area contributed by atoms with Crippen molar-refractivity contribution < 1.29 is 47.3 Å². The molecule has 5 unspecified atom stereocenters. The molecule has 248 valence electrons. The number of primary amides is 1. The Balaban J connectivity index is 1.65. The minimum Gasteiger partial charge on any atom is -0.442 e. The van der Waals surface area contributed by atoms with E-state index in [-0.39, 0.29) is 0 Å². The molecular formula is C31H32F2N6O8. The second kappa shape index (κ2) is 15.0. The summed E-state index contributed by atoms with van der Waals surface area (Å²) in [7, 11) is 0. The minimum atomic E-state index is -2.43. The molecule has 1 aliphatic rings. The third-order valence-electron chi connectivity index (χ3n) is 7.09. The third kappa shape index (κ3) is 9.37. The van der Waals surface area contributed by atoms with Crippen molar-refractivity contribution >= 4 is 47.1 Å². The van der Waals surface area contributed by atoms with Gasteiger partial charge in [0.25, 0.3) is 5.91 Å². The second-order valence-electron chi connectivity index (χ2n) is 10.7. The molecule has 3 aromatic rings. The first-order valence-electron chi connectivity index (χ1n) is 14.2. The van der Waals surface area contributed by atoms with Crippen molar-refractivity contribution in [2.45, 2.75) is 49.7 Å². The summed E-state index contributed by atoms with van der Waals surface area (Å²) in [6.45, 7) is 1.27. The Morgan fingerprint density at radius 2 is 1.43 bits per heavy atom. The van der Waals surface area contributed by atoms with Gasteiger partial charge in [0.2, 0.25) is 5.91 Å². The van der Waals surface area contributed by atoms with Gasteiger partial charge in [-0.25, -0.2) is 23.2 Å². The minimum absolute atomic E-state index is 0.325. The van der Waals surface area contributed by atoms with Crippen molar-refractivity contribution in [1.82, 2.24) is 10.6 Å². The monoisotopic (exact) mass is 654 g/mol. The van der Waals surface area contributed by atoms with Gasteiger partial charge in [-0.15, -0.1) is 0 Å². The number of aliphatic hydroxyl groups is 1. The van der Waals surface area contributed by atoms with Crippen molar-refractivity contribution in [3.05, 3.63) is 90.5 Å². The Morgan fingerprint density at radius 3 is 1.98 bits per heavy atom. The van der Waals surface area contributed by atoms with Crippen LogP contribution in [0.2, 0.25) is 0 Å². The van der Waals surface area contributed by atoms with Crippen LogP contribution in [-0.4, -0.2) is 65.0 Å². The molecule has 8 N–H and O–H groups in total. The van der Waals surface area contributed by atoms with Crippen molar-refractivity contribution in [2.24, 2.45) is 5.73 Å². The number of ether oxygens (including phenoxy) is 2. The van der Waals surface area contributed by atoms with E-state index in [1.807, 2.05) is 0 Å². The van der Waals surface area contributed by atoms with Crippen molar-refractivity contribution in [3.8, 4) is 0 Å². The molecule has 0 bridgehead atoms. The maximum Gasteiger partial charge on any atom is 0.412 e. The van der Waals surface area contributed by atoms with Gasteiger partial charge in [-0.3, -0.25) is 20.2 Å². The highest BCUT2D eigenvalue weighted by Crippen LogP contribution is 2.34. The molecule has 1 saturated carbocycles. The number of urea groups is 1. The lowest BCUT2D eigenvalue weighted by Gasteiger charge is -2.44. The number of anilines is 3. The van der Waals surface area contributed by atoms with Crippen LogP contribution < -0.4 is 32.3 Å². The summed E-state index contributed by atoms with van der Waals surface area (Å²) >= 11 is 0. The molecule has 1 fully saturated rings. The van der Waals surface area contributed by atoms with Gasteiger partial charge in [0, 0.05) is 30.3 Å². The molecule has 0 aromatic heterocycles. The first kappa shape index (κ1) is 34.1. The lowest BCUT2D eigenvalue weighted by atomic mass is 9.77. The van der Waals surface area contributed by atoms with Gasteiger partial charge in [-0.05, 0) is 43.3 Å². The molecule has 0 radical (unpaired) electrons. The summed E-state index contributed by atoms with van der Waals surface area (Å²) in [6, 6.07) is 14.8. The number of hydrogen-bond donors (Lipinski definition) is 7. The average Bonchev–Trinajstić information content (AvgIpc) is 3.01. The molecule has 1 aliphatic carbocycles. The molecule has 16 heteroatoms. The Labute approximate surface area is 267 Å². The van der Waals surface area contributed by atoms with Crippen LogP contribution in [0.15, 0.2) is 78.9 Å². The predicted octanol–water partition coefficient (Wildman–Crippen LogP) is 3.20. The lowest BCUT2D eigenvalue weighted by molar-refractivity contribution is -0.158. The molecular weight excluding hydrogens is 622 g/mol. The van der Waals surface area contributed by atoms with Gasteiger partial charge in [0.05, 0.1) is 11.7 Å². The molecule has 0 spiro atoms. The summed E-state index contributed by atoms with van der Waals surface area (Å²) in [5.41, 5.74) is 3.06. The van der Waals surface area contributed by atoms with Crippen LogP contribution in [0.1, 0.15) is 19.8 Å². The number of hydrogen-bond acceptors (Lipinski definition) is 8. The highest BCUT2D eigenvalue weighted by atomic mass is 19.1. The van der Waals surface area contributed by atoms with E-state index in [9.17, 15) is 37.9 Å². The standard InChI is InChI=1S/C31H32F2N6O8/c1-17(26(34)40)35-27(41)31(45)15-23(39-28(42)38-22-13-12-18(32)14-21(22)33)25(47-30(44)37-20-10-6-3-7-11-20)24(16-31)46-29(43)36-19-8-4-2-5-9-19/h2-14,17,23-25,45H,15-16H2,1H3,(H2,34,40)(H,35,41)(H,36,43)(H,37,44)(H2,38,39,42). The molecule has 0 heterocycles. The molecule has 14 nitrogen and oxygen atoms in total. The number of benzene rings is 3. The Morgan fingerprint density at radius 1 is 0.851 bits per heavy atom. The van der Waals surface area contributed by atoms with Crippen molar-refractivity contribution in [3.63, 3.8) is 0 Å². The summed E-state index contributed by atoms with van der Waals surface area (Å²) in [5, 5.41) is 23.4. The van der Waals surface area contributed by atoms with Gasteiger partial charge < -0.3 is 36.3 Å². The zero-order chi connectivity index (χ0) is 34.1. The van der Waals surface area contributed by atoms with E-state index in [1.165, 1.54) is 6.92 Å². The summed E-state index contributed by atoms with van der Waals surface area (Å²) in [6.07, 6.45) is -6.57. The number of rotatable bonds is 9. The molecule has 0 aliphatic heterocycles. The maximum atomic E-state index is 14.3. The largest absolute Gasteiger partial charge is 0.442 e. The predicted molar refractivity (Wildman–Crippen MR) is 164 cm³/mol. The van der Waals surface area contributed by atoms with Crippen LogP contribution in [0, 0.1) is 11.6 Å². The average molecular weight is 655 g/mol. The van der Waals surface area contributed by atoms with Gasteiger partial charge in [0.15, 0.2) is 6.10 Å². The normalized spacial score (nSPS) is 20.9. The fraction of sp³-hybridized carbons (Fsp3) is 0.258. The SMILES string of the molecule is CC(NC(=O)C1(O)CC(NC(=O)Nc2ccc(F)cc2F)C(OC(=O)Nc2ccccc2)C(OC(=O)Nc2ccccc2)C1)C(N)=O. The lowest BCUT2D eigenvalue weighted by Crippen LogP contribution is -2.65. The molecule has 3 aromatic carbocycles. The number of para-hydroxylation sites is 2. The highest BCUT2D eigenvalue weighted by molar-refractivity contribution is 5.92. The number of amides is 6. The summed E-state index contributed by atoms with van der Waals surface area (Å²) in [4.78, 5) is 64.0. The van der Waals surface area contributed by atoms with Crippen LogP contribution in [0.4, 0.5) is 40.2 Å². The zero-order valence-electron chi connectivity index (χ0n) is 24.9. The van der Waals surface area contributed by atoms with E-state index >= 15 is 0 Å². The fourth-order valence-corrected chi connectivity index (χ4v) is 4.78. The molecule has 6 amide bonds. The van der Waals surface area contributed by atoms with Crippen LogP contribution in [-0.2, 0) is 19.1 Å². The van der Waals surface area contributed by atoms with E-state index in [0.717, 1.165) is 12.1 Å². The van der Waals surface area contributed by atoms with Gasteiger partial charge in [-0.1, -0.05) is 36.4 Å². The van der Waals surface area contributed by atoms with Crippen LogP contribution in [0.5, 0.6) is 0 Å². The Kier molecular flexibility index (Phi) is 10.9. The molecule has 47 heavy (non-hydrogen) atoms. The maximum absolute atomic E-state index is 14.3. The smallest absolute Gasteiger partial charge is 0.412 e. The summed E-state index contributed by atoms with van der Waals surface area (Å²) < 4.78 is 38.9. The Hall–Kier alpha value is -5.77. The quantitative estimate of drug-likeness (QED) is 0.182. The fourth-order valence-electron chi connectivity index (χ4n) is 4.78. The first-order valence-corrected chi connectivity index (χ1v) is 14.2. The highest BCUT2D eigenvalue weighted by Gasteiger charge is 2.53. The van der Waals surface area contributed by atoms with Crippen LogP contribution in [0.25, 0.3) is 0 Å². The molecule has 5 atom stereocenters. The molecule has 0 saturated heterocycles. The number of nitrogens with two attached hydrogens (primary N) is 1. The zero-order valence-corrected chi connectivity index (χ0v) is 24.9. The van der Waals surface area contributed by atoms with E-state index < -0.39 is 90.1 Å². The molecule has 4 rings (SSSR count). The number of carbonyl (C=O) groups excluding carboxylic acids is 5. The number of nitrogens with one attached hydrogen (secondary N) is 5. The second-order valence-corrected chi connectivity index (χ2v) is 10.7. The van der Waals surface area contributed by atoms with Gasteiger partial charge in [0.1, 0.15) is 29.4 Å².